The molecular formula is C27H27N5O2. The number of fused-ring (bicyclic) bond motifs is 6. The highest BCUT2D eigenvalue weighted by Gasteiger charge is 2.51. The van der Waals surface area contributed by atoms with E-state index in [4.69, 9.17) is 9.72 Å². The van der Waals surface area contributed by atoms with Gasteiger partial charge in [-0.05, 0) is 75.2 Å². The molecule has 0 bridgehead atoms. The van der Waals surface area contributed by atoms with Crippen molar-refractivity contribution in [1.29, 1.82) is 5.26 Å². The number of aromatic nitrogens is 2. The lowest BCUT2D eigenvalue weighted by Gasteiger charge is -2.23. The monoisotopic (exact) mass is 453 g/mol. The van der Waals surface area contributed by atoms with Crippen LogP contribution in [0.3, 0.4) is 0 Å². The Morgan fingerprint density at radius 3 is 2.85 bits per heavy atom. The molecule has 34 heavy (non-hydrogen) atoms. The number of nitriles is 1. The molecule has 7 nitrogen and oxygen atoms in total. The average molecular weight is 454 g/mol. The second-order valence-corrected chi connectivity index (χ2v) is 9.89. The van der Waals surface area contributed by atoms with Crippen LogP contribution in [0.2, 0.25) is 0 Å². The van der Waals surface area contributed by atoms with Gasteiger partial charge in [0.25, 0.3) is 5.91 Å². The number of likely N-dealkylation sites (N-methyl/N-ethyl adjacent to an activating group) is 1. The van der Waals surface area contributed by atoms with Gasteiger partial charge in [-0.1, -0.05) is 0 Å². The second-order valence-electron chi connectivity index (χ2n) is 9.89. The number of rotatable bonds is 5. The maximum absolute atomic E-state index is 12.8. The van der Waals surface area contributed by atoms with Crippen molar-refractivity contribution in [1.82, 2.24) is 20.2 Å². The van der Waals surface area contributed by atoms with Gasteiger partial charge in [-0.25, -0.2) is 0 Å². The molecule has 1 saturated carbocycles. The summed E-state index contributed by atoms with van der Waals surface area (Å²) in [6, 6.07) is 10.0. The van der Waals surface area contributed by atoms with Crippen molar-refractivity contribution in [3.63, 3.8) is 0 Å². The molecule has 1 aromatic carbocycles. The lowest BCUT2D eigenvalue weighted by Crippen LogP contribution is -2.39. The van der Waals surface area contributed by atoms with E-state index in [0.717, 1.165) is 78.1 Å². The Balaban J connectivity index is 1.37. The summed E-state index contributed by atoms with van der Waals surface area (Å²) in [4.78, 5) is 23.2. The van der Waals surface area contributed by atoms with Crippen LogP contribution in [0.1, 0.15) is 45.6 Å². The number of aromatic amines is 1. The number of nitrogens with zero attached hydrogens (tertiary/aromatic N) is 3. The number of benzene rings is 1. The van der Waals surface area contributed by atoms with Crippen molar-refractivity contribution >= 4 is 5.91 Å². The van der Waals surface area contributed by atoms with Crippen molar-refractivity contribution in [2.45, 2.75) is 31.1 Å². The van der Waals surface area contributed by atoms with Gasteiger partial charge in [0.15, 0.2) is 0 Å². The summed E-state index contributed by atoms with van der Waals surface area (Å²) in [5.74, 6) is 0.636. The molecule has 6 rings (SSSR count). The van der Waals surface area contributed by atoms with Crippen LogP contribution in [0.4, 0.5) is 0 Å². The molecule has 0 atom stereocenters. The van der Waals surface area contributed by atoms with E-state index in [-0.39, 0.29) is 11.3 Å². The second kappa shape index (κ2) is 7.71. The van der Waals surface area contributed by atoms with E-state index in [2.05, 4.69) is 22.4 Å². The lowest BCUT2D eigenvalue weighted by molar-refractivity contribution is 0.0936. The van der Waals surface area contributed by atoms with E-state index in [1.54, 1.807) is 0 Å². The maximum atomic E-state index is 12.8. The van der Waals surface area contributed by atoms with Gasteiger partial charge in [-0.2, -0.15) is 5.26 Å². The van der Waals surface area contributed by atoms with Gasteiger partial charge in [0, 0.05) is 41.5 Å². The largest absolute Gasteiger partial charge is 0.491 e. The smallest absolute Gasteiger partial charge is 0.253 e. The Hall–Kier alpha value is -3.63. The fourth-order valence-corrected chi connectivity index (χ4v) is 5.24. The molecule has 2 aromatic heterocycles. The van der Waals surface area contributed by atoms with Crippen LogP contribution >= 0.6 is 0 Å². The third kappa shape index (κ3) is 3.29. The molecule has 2 aliphatic carbocycles. The van der Waals surface area contributed by atoms with Gasteiger partial charge in [-0.3, -0.25) is 9.78 Å². The molecule has 7 heteroatoms. The summed E-state index contributed by atoms with van der Waals surface area (Å²) < 4.78 is 5.82. The Bertz CT molecular complexity index is 1360. The minimum absolute atomic E-state index is 0.0475. The summed E-state index contributed by atoms with van der Waals surface area (Å²) >= 11 is 0. The van der Waals surface area contributed by atoms with Gasteiger partial charge in [0.05, 0.1) is 22.5 Å². The SMILES string of the molecule is CN(C)CCOc1ccc(-c2cc3c(cn2)CCc2c-3[nH]c3c2C(=O)NCC32CC2)cc1C#N. The quantitative estimate of drug-likeness (QED) is 0.617. The number of amides is 1. The number of nitrogens with one attached hydrogen (secondary N) is 2. The van der Waals surface area contributed by atoms with Crippen LogP contribution in [0.5, 0.6) is 5.75 Å². The zero-order valence-electron chi connectivity index (χ0n) is 19.5. The molecule has 1 spiro atoms. The molecular weight excluding hydrogens is 426 g/mol. The highest BCUT2D eigenvalue weighted by atomic mass is 16.5. The van der Waals surface area contributed by atoms with Crippen LogP contribution in [-0.2, 0) is 18.3 Å². The number of hydrogen-bond acceptors (Lipinski definition) is 5. The fourth-order valence-electron chi connectivity index (χ4n) is 5.24. The summed E-state index contributed by atoms with van der Waals surface area (Å²) in [6.07, 6.45) is 5.88. The van der Waals surface area contributed by atoms with Crippen molar-refractivity contribution in [3.05, 3.63) is 58.4 Å². The number of carbonyl (C=O) groups excluding carboxylic acids is 1. The van der Waals surface area contributed by atoms with Crippen LogP contribution in [-0.4, -0.2) is 54.6 Å². The Kier molecular flexibility index (Phi) is 4.75. The van der Waals surface area contributed by atoms with E-state index in [0.29, 0.717) is 17.9 Å². The number of hydrogen-bond donors (Lipinski definition) is 2. The predicted molar refractivity (Wildman–Crippen MR) is 129 cm³/mol. The zero-order chi connectivity index (χ0) is 23.4. The summed E-state index contributed by atoms with van der Waals surface area (Å²) in [6.45, 7) is 2.03. The lowest BCUT2D eigenvalue weighted by atomic mass is 9.86. The zero-order valence-corrected chi connectivity index (χ0v) is 19.5. The normalized spacial score (nSPS) is 16.9. The first kappa shape index (κ1) is 20.9. The number of carbonyl (C=O) groups is 1. The van der Waals surface area contributed by atoms with Crippen molar-refractivity contribution in [2.75, 3.05) is 33.8 Å². The molecule has 1 fully saturated rings. The highest BCUT2D eigenvalue weighted by Crippen LogP contribution is 2.52. The third-order valence-corrected chi connectivity index (χ3v) is 7.39. The molecule has 0 saturated heterocycles. The number of H-pyrrole nitrogens is 1. The van der Waals surface area contributed by atoms with E-state index in [1.165, 1.54) is 5.56 Å². The van der Waals surface area contributed by atoms with Gasteiger partial charge >= 0.3 is 0 Å². The van der Waals surface area contributed by atoms with Crippen LogP contribution < -0.4 is 10.1 Å². The van der Waals surface area contributed by atoms with Crippen LogP contribution in [0.25, 0.3) is 22.5 Å². The summed E-state index contributed by atoms with van der Waals surface area (Å²) in [5, 5.41) is 12.8. The van der Waals surface area contributed by atoms with Crippen LogP contribution in [0.15, 0.2) is 30.5 Å². The standard InChI is InChI=1S/C27H27N5O2/c1-32(2)9-10-34-22-6-4-16(11-18(22)13-28)21-12-20-17(14-29-21)3-5-19-23-25(31-24(19)20)27(7-8-27)15-30-26(23)33/h4,6,11-12,14,31H,3,5,7-10,15H2,1-2H3,(H,30,33). The Labute approximate surface area is 198 Å². The molecule has 0 radical (unpaired) electrons. The minimum Gasteiger partial charge on any atom is -0.491 e. The van der Waals surface area contributed by atoms with Crippen molar-refractivity contribution in [3.8, 4) is 34.3 Å². The Morgan fingerprint density at radius 2 is 2.09 bits per heavy atom. The summed E-state index contributed by atoms with van der Waals surface area (Å²) in [5.41, 5.74) is 8.75. The number of ether oxygens (including phenoxy) is 1. The molecule has 1 amide bonds. The summed E-state index contributed by atoms with van der Waals surface area (Å²) in [7, 11) is 3.98. The van der Waals surface area contributed by atoms with Gasteiger partial charge in [0.1, 0.15) is 18.4 Å². The molecule has 0 unspecified atom stereocenters. The molecule has 3 heterocycles. The topological polar surface area (TPSA) is 94.0 Å². The van der Waals surface area contributed by atoms with E-state index in [1.807, 2.05) is 43.4 Å². The van der Waals surface area contributed by atoms with Crippen molar-refractivity contribution in [2.24, 2.45) is 0 Å². The molecule has 3 aliphatic rings. The number of aryl methyl sites for hydroxylation is 1. The van der Waals surface area contributed by atoms with Crippen LogP contribution in [0, 0.1) is 11.3 Å². The first-order chi connectivity index (χ1) is 16.5. The van der Waals surface area contributed by atoms with E-state index in [9.17, 15) is 10.1 Å². The first-order valence-corrected chi connectivity index (χ1v) is 11.8. The predicted octanol–water partition coefficient (Wildman–Crippen LogP) is 3.43. The molecule has 2 N–H and O–H groups in total. The Morgan fingerprint density at radius 1 is 1.24 bits per heavy atom. The third-order valence-electron chi connectivity index (χ3n) is 7.39. The van der Waals surface area contributed by atoms with Crippen molar-refractivity contribution < 1.29 is 9.53 Å². The molecule has 3 aromatic rings. The van der Waals surface area contributed by atoms with Gasteiger partial charge in [-0.15, -0.1) is 0 Å². The maximum Gasteiger partial charge on any atom is 0.253 e. The van der Waals surface area contributed by atoms with Gasteiger partial charge < -0.3 is 19.9 Å². The van der Waals surface area contributed by atoms with E-state index < -0.39 is 0 Å². The van der Waals surface area contributed by atoms with E-state index >= 15 is 0 Å². The van der Waals surface area contributed by atoms with Gasteiger partial charge in [0.2, 0.25) is 0 Å². The molecule has 172 valence electrons. The first-order valence-electron chi connectivity index (χ1n) is 11.8. The fraction of sp³-hybridized carbons (Fsp3) is 0.370. The number of pyridine rings is 1. The minimum atomic E-state index is 0.0475. The average Bonchev–Trinajstić information content (AvgIpc) is 3.50. The highest BCUT2D eigenvalue weighted by molar-refractivity contribution is 6.01. The molecule has 1 aliphatic heterocycles.